The van der Waals surface area contributed by atoms with Gasteiger partial charge in [0.15, 0.2) is 5.76 Å². The van der Waals surface area contributed by atoms with Gasteiger partial charge in [0.05, 0.1) is 19.0 Å². The Hall–Kier alpha value is -3.14. The number of rotatable bonds is 5. The minimum absolute atomic E-state index is 0.0340. The van der Waals surface area contributed by atoms with E-state index in [2.05, 4.69) is 11.8 Å². The van der Waals surface area contributed by atoms with Gasteiger partial charge in [-0.2, -0.15) is 17.7 Å². The first-order valence-corrected chi connectivity index (χ1v) is 10.2. The lowest BCUT2D eigenvalue weighted by Gasteiger charge is -2.18. The van der Waals surface area contributed by atoms with Crippen LogP contribution in [0.2, 0.25) is 0 Å². The number of hydrogen-bond donors (Lipinski definition) is 1. The van der Waals surface area contributed by atoms with E-state index in [-0.39, 0.29) is 23.0 Å². The quantitative estimate of drug-likeness (QED) is 0.646. The lowest BCUT2D eigenvalue weighted by molar-refractivity contribution is -0.139. The van der Waals surface area contributed by atoms with Crippen LogP contribution in [0.5, 0.6) is 0 Å². The smallest absolute Gasteiger partial charge is 0.423 e. The van der Waals surface area contributed by atoms with Gasteiger partial charge in [-0.1, -0.05) is 11.8 Å². The van der Waals surface area contributed by atoms with Crippen LogP contribution < -0.4 is 11.2 Å². The summed E-state index contributed by atoms with van der Waals surface area (Å²) in [5.41, 5.74) is -5.20. The van der Waals surface area contributed by atoms with Gasteiger partial charge in [-0.05, 0) is 32.9 Å². The number of alkyl halides is 3. The van der Waals surface area contributed by atoms with Crippen molar-refractivity contribution in [1.29, 1.82) is 0 Å². The summed E-state index contributed by atoms with van der Waals surface area (Å²) in [4.78, 5) is 38.0. The number of halogens is 3. The highest BCUT2D eigenvalue weighted by atomic mass is 19.4. The molecule has 0 radical (unpaired) electrons. The largest absolute Gasteiger partial charge is 0.459 e. The van der Waals surface area contributed by atoms with Gasteiger partial charge >= 0.3 is 17.8 Å². The third-order valence-electron chi connectivity index (χ3n) is 4.86. The van der Waals surface area contributed by atoms with E-state index in [1.54, 1.807) is 0 Å². The molecule has 1 aliphatic heterocycles. The molecule has 0 aromatic carbocycles. The summed E-state index contributed by atoms with van der Waals surface area (Å²) in [6.07, 6.45) is -7.03. The maximum Gasteiger partial charge on any atom is 0.423 e. The van der Waals surface area contributed by atoms with Crippen molar-refractivity contribution in [3.05, 3.63) is 56.8 Å². The maximum absolute atomic E-state index is 13.6. The summed E-state index contributed by atoms with van der Waals surface area (Å²) >= 11 is 0. The van der Waals surface area contributed by atoms with Crippen LogP contribution in [0.3, 0.4) is 0 Å². The van der Waals surface area contributed by atoms with E-state index in [1.165, 1.54) is 6.07 Å². The predicted octanol–water partition coefficient (Wildman–Crippen LogP) is 2.02. The fraction of sp³-hybridized carbons (Fsp3) is 0.500. The molecule has 1 saturated heterocycles. The molecule has 0 amide bonds. The molecular formula is C22H23F3N2O7. The highest BCUT2D eigenvalue weighted by Crippen LogP contribution is 2.32. The van der Waals surface area contributed by atoms with Gasteiger partial charge in [0.2, 0.25) is 0 Å². The van der Waals surface area contributed by atoms with Gasteiger partial charge in [-0.15, -0.1) is 0 Å². The molecular weight excluding hydrogens is 461 g/mol. The Morgan fingerprint density at radius 1 is 1.29 bits per heavy atom. The zero-order chi connectivity index (χ0) is 25.3. The van der Waals surface area contributed by atoms with Gasteiger partial charge in [-0.3, -0.25) is 14.2 Å². The van der Waals surface area contributed by atoms with E-state index in [0.29, 0.717) is 10.8 Å². The normalized spacial score (nSPS) is 20.7. The lowest BCUT2D eigenvalue weighted by Crippen LogP contribution is -2.47. The Morgan fingerprint density at radius 3 is 2.56 bits per heavy atom. The molecule has 34 heavy (non-hydrogen) atoms. The van der Waals surface area contributed by atoms with Crippen LogP contribution in [0, 0.1) is 17.3 Å². The van der Waals surface area contributed by atoms with E-state index in [9.17, 15) is 32.7 Å². The highest BCUT2D eigenvalue weighted by Gasteiger charge is 2.41. The first-order chi connectivity index (χ1) is 15.8. The molecule has 0 unspecified atom stereocenters. The fourth-order valence-electron chi connectivity index (χ4n) is 3.32. The van der Waals surface area contributed by atoms with Crippen LogP contribution in [0.25, 0.3) is 0 Å². The Bertz CT molecular complexity index is 1210. The van der Waals surface area contributed by atoms with Gasteiger partial charge in [0.25, 0.3) is 5.56 Å². The number of carbonyl (C=O) groups excluding carboxylic acids is 1. The Balaban J connectivity index is 1.99. The van der Waals surface area contributed by atoms with Gasteiger partial charge in [-0.25, -0.2) is 4.79 Å². The molecule has 12 heteroatoms. The van der Waals surface area contributed by atoms with Crippen molar-refractivity contribution >= 4 is 5.91 Å². The summed E-state index contributed by atoms with van der Waals surface area (Å²) in [6, 6.07) is 2.38. The van der Waals surface area contributed by atoms with Crippen molar-refractivity contribution in [2.75, 3.05) is 13.2 Å². The topological polar surface area (TPSA) is 113 Å². The molecule has 3 rings (SSSR count). The zero-order valence-corrected chi connectivity index (χ0v) is 18.6. The molecule has 1 aliphatic rings. The Kier molecular flexibility index (Phi) is 7.21. The average Bonchev–Trinajstić information content (AvgIpc) is 3.39. The monoisotopic (exact) mass is 484 g/mol. The number of aromatic nitrogens is 2. The van der Waals surface area contributed by atoms with E-state index in [4.69, 9.17) is 13.9 Å². The van der Waals surface area contributed by atoms with E-state index >= 15 is 0 Å². The Labute approximate surface area is 191 Å². The van der Waals surface area contributed by atoms with E-state index in [0.717, 1.165) is 12.3 Å². The Morgan fingerprint density at radius 2 is 2.00 bits per heavy atom. The van der Waals surface area contributed by atoms with Crippen molar-refractivity contribution in [2.24, 2.45) is 5.41 Å². The molecule has 0 bridgehead atoms. The third kappa shape index (κ3) is 5.49. The second kappa shape index (κ2) is 9.61. The molecule has 0 spiro atoms. The average molecular weight is 484 g/mol. The van der Waals surface area contributed by atoms with Crippen LogP contribution in [0.4, 0.5) is 13.2 Å². The fourth-order valence-corrected chi connectivity index (χ4v) is 3.32. The first kappa shape index (κ1) is 25.5. The van der Waals surface area contributed by atoms with E-state index < -0.39 is 59.7 Å². The molecule has 3 atom stereocenters. The predicted molar refractivity (Wildman–Crippen MR) is 111 cm³/mol. The summed E-state index contributed by atoms with van der Waals surface area (Å²) < 4.78 is 57.1. The molecule has 0 saturated carbocycles. The molecule has 9 nitrogen and oxygen atoms in total. The molecule has 1 fully saturated rings. The summed E-state index contributed by atoms with van der Waals surface area (Å²) in [7, 11) is 0. The van der Waals surface area contributed by atoms with Crippen molar-refractivity contribution < 1.29 is 37.0 Å². The van der Waals surface area contributed by atoms with Crippen LogP contribution >= 0.6 is 0 Å². The number of nitrogens with zero attached hydrogens (tertiary/aromatic N) is 2. The number of hydrogen-bond acceptors (Lipinski definition) is 7. The second-order valence-corrected chi connectivity index (χ2v) is 8.60. The van der Waals surface area contributed by atoms with Gasteiger partial charge < -0.3 is 19.0 Å². The van der Waals surface area contributed by atoms with Gasteiger partial charge in [0.1, 0.15) is 24.5 Å². The molecule has 3 heterocycles. The number of aliphatic hydroxyl groups is 1. The van der Waals surface area contributed by atoms with Crippen LogP contribution in [0.1, 0.15) is 49.5 Å². The number of carbonyl (C=O) groups is 1. The summed E-state index contributed by atoms with van der Waals surface area (Å²) in [5, 5.41) is 9.62. The molecule has 184 valence electrons. The third-order valence-corrected chi connectivity index (χ3v) is 4.86. The van der Waals surface area contributed by atoms with Crippen molar-refractivity contribution in [2.45, 2.75) is 51.8 Å². The summed E-state index contributed by atoms with van der Waals surface area (Å²) in [6.45, 7) is 5.12. The van der Waals surface area contributed by atoms with Gasteiger partial charge in [0, 0.05) is 18.0 Å². The lowest BCUT2D eigenvalue weighted by atomic mass is 9.98. The molecule has 1 N–H and O–H groups in total. The minimum Gasteiger partial charge on any atom is -0.459 e. The highest BCUT2D eigenvalue weighted by molar-refractivity contribution is 5.93. The standard InChI is InChI=1S/C22H23F3N2O7/c1-21(2,3)7-5-9-33-15-10-17(34-16(15)12-28)26-11-13(22(23,24)25)18(29)27(20(26)31)19(30)14-6-4-8-32-14/h4,6,8,11,15-17,28H,9-10,12H2,1-3H3/t15-,16+,17+/m0/s1. The number of ether oxygens (including phenoxy) is 2. The van der Waals surface area contributed by atoms with Crippen molar-refractivity contribution in [3.8, 4) is 11.8 Å². The van der Waals surface area contributed by atoms with Crippen molar-refractivity contribution in [3.63, 3.8) is 0 Å². The molecule has 2 aromatic heterocycles. The van der Waals surface area contributed by atoms with Crippen LogP contribution in [0.15, 0.2) is 38.6 Å². The zero-order valence-electron chi connectivity index (χ0n) is 18.6. The maximum atomic E-state index is 13.6. The SMILES string of the molecule is CC(C)(C)C#CCO[C@H]1C[C@H](n2cc(C(F)(F)F)c(=O)n(C(=O)c3ccco3)c2=O)O[C@@H]1CO. The molecule has 0 aliphatic carbocycles. The van der Waals surface area contributed by atoms with E-state index in [1.807, 2.05) is 20.8 Å². The first-order valence-electron chi connectivity index (χ1n) is 10.2. The molecule has 2 aromatic rings. The van der Waals surface area contributed by atoms with Crippen LogP contribution in [-0.4, -0.2) is 45.6 Å². The van der Waals surface area contributed by atoms with Crippen LogP contribution in [-0.2, 0) is 15.7 Å². The number of aliphatic hydroxyl groups excluding tert-OH is 1. The van der Waals surface area contributed by atoms with Crippen molar-refractivity contribution in [1.82, 2.24) is 9.13 Å². The minimum atomic E-state index is -5.16. The number of furan rings is 1. The summed E-state index contributed by atoms with van der Waals surface area (Å²) in [5.74, 6) is 3.91. The second-order valence-electron chi connectivity index (χ2n) is 8.60.